The molecule has 1 N–H and O–H groups in total. The Morgan fingerprint density at radius 3 is 2.45 bits per heavy atom. The number of carbonyl (C=O) groups excluding carboxylic acids is 2. The summed E-state index contributed by atoms with van der Waals surface area (Å²) in [6.45, 7) is 0.550. The number of halogens is 2. The quantitative estimate of drug-likeness (QED) is 0.633. The highest BCUT2D eigenvalue weighted by atomic mass is 19.3. The summed E-state index contributed by atoms with van der Waals surface area (Å²) in [7, 11) is 1.43. The molecule has 2 aromatic carbocycles. The molecule has 156 valence electrons. The summed E-state index contributed by atoms with van der Waals surface area (Å²) >= 11 is 0. The molecule has 2 aromatic rings. The highest BCUT2D eigenvalue weighted by molar-refractivity contribution is 5.98. The molecule has 0 bridgehead atoms. The van der Waals surface area contributed by atoms with Crippen molar-refractivity contribution in [2.75, 3.05) is 19.0 Å². The first-order valence-corrected chi connectivity index (χ1v) is 8.72. The lowest BCUT2D eigenvalue weighted by atomic mass is 10.2. The number of esters is 1. The second-order valence-corrected chi connectivity index (χ2v) is 5.71. The van der Waals surface area contributed by atoms with Crippen molar-refractivity contribution in [2.24, 2.45) is 0 Å². The fourth-order valence-electron chi connectivity index (χ4n) is 2.35. The van der Waals surface area contributed by atoms with E-state index in [1.54, 1.807) is 6.07 Å². The second-order valence-electron chi connectivity index (χ2n) is 5.71. The van der Waals surface area contributed by atoms with Gasteiger partial charge in [0, 0.05) is 0 Å². The molecule has 0 aromatic heterocycles. The summed E-state index contributed by atoms with van der Waals surface area (Å²) in [5.74, 6) is -0.859. The summed E-state index contributed by atoms with van der Waals surface area (Å²) < 4.78 is 45.0. The topological polar surface area (TPSA) is 83.1 Å². The minimum Gasteiger partial charge on any atom is -0.493 e. The van der Waals surface area contributed by atoms with Crippen LogP contribution in [0, 0.1) is 0 Å². The molecular weight excluding hydrogens is 388 g/mol. The van der Waals surface area contributed by atoms with E-state index in [-0.39, 0.29) is 17.0 Å². The van der Waals surface area contributed by atoms with Gasteiger partial charge < -0.3 is 24.3 Å². The molecular formula is C20H21F2NO6. The van der Waals surface area contributed by atoms with Crippen LogP contribution in [0.4, 0.5) is 14.5 Å². The average molecular weight is 409 g/mol. The first-order chi connectivity index (χ1) is 13.8. The molecule has 7 nitrogen and oxygen atoms in total. The first kappa shape index (κ1) is 21.9. The molecule has 0 heterocycles. The summed E-state index contributed by atoms with van der Waals surface area (Å²) in [5.41, 5.74) is 0.190. The van der Waals surface area contributed by atoms with E-state index in [9.17, 15) is 18.4 Å². The van der Waals surface area contributed by atoms with Gasteiger partial charge in [-0.15, -0.1) is 0 Å². The molecule has 0 saturated heterocycles. The number of anilines is 1. The van der Waals surface area contributed by atoms with Gasteiger partial charge in [0.15, 0.2) is 17.6 Å². The van der Waals surface area contributed by atoms with Crippen molar-refractivity contribution < 1.29 is 37.3 Å². The molecule has 29 heavy (non-hydrogen) atoms. The molecule has 0 saturated carbocycles. The van der Waals surface area contributed by atoms with Crippen molar-refractivity contribution >= 4 is 17.6 Å². The molecule has 1 atom stereocenters. The Labute approximate surface area is 166 Å². The van der Waals surface area contributed by atoms with E-state index < -0.39 is 24.6 Å². The number of hydrogen-bond donors (Lipinski definition) is 1. The minimum atomic E-state index is -3.04. The van der Waals surface area contributed by atoms with Crippen molar-refractivity contribution in [1.82, 2.24) is 0 Å². The van der Waals surface area contributed by atoms with Crippen LogP contribution in [0.1, 0.15) is 24.2 Å². The fraction of sp³-hybridized carbons (Fsp3) is 0.300. The van der Waals surface area contributed by atoms with Crippen molar-refractivity contribution in [1.29, 1.82) is 0 Å². The van der Waals surface area contributed by atoms with E-state index in [1.807, 2.05) is 6.92 Å². The molecule has 0 radical (unpaired) electrons. The van der Waals surface area contributed by atoms with Gasteiger partial charge in [0.05, 0.1) is 25.0 Å². The second kappa shape index (κ2) is 10.3. The first-order valence-electron chi connectivity index (χ1n) is 8.72. The Bertz CT molecular complexity index is 859. The van der Waals surface area contributed by atoms with Crippen LogP contribution in [0.15, 0.2) is 42.5 Å². The number of benzene rings is 2. The molecule has 2 rings (SSSR count). The molecule has 9 heteroatoms. The van der Waals surface area contributed by atoms with Gasteiger partial charge in [-0.25, -0.2) is 4.79 Å². The van der Waals surface area contributed by atoms with Gasteiger partial charge in [-0.1, -0.05) is 12.1 Å². The van der Waals surface area contributed by atoms with Gasteiger partial charge in [0.1, 0.15) is 5.75 Å². The lowest BCUT2D eigenvalue weighted by Crippen LogP contribution is -2.30. The Morgan fingerprint density at radius 1 is 1.07 bits per heavy atom. The standard InChI is InChI=1S/C20H21F2NO6/c1-4-27-16-10-9-13(11-17(16)26-3)19(25)28-12(2)18(24)23-14-7-5-6-8-15(14)29-20(21)22/h5-12,20H,4H2,1-3H3,(H,23,24). The zero-order valence-corrected chi connectivity index (χ0v) is 16.1. The lowest BCUT2D eigenvalue weighted by molar-refractivity contribution is -0.123. The van der Waals surface area contributed by atoms with E-state index >= 15 is 0 Å². The van der Waals surface area contributed by atoms with Gasteiger partial charge in [0.25, 0.3) is 5.91 Å². The monoisotopic (exact) mass is 409 g/mol. The molecule has 0 aliphatic rings. The molecule has 1 unspecified atom stereocenters. The van der Waals surface area contributed by atoms with E-state index in [4.69, 9.17) is 14.2 Å². The van der Waals surface area contributed by atoms with Gasteiger partial charge in [-0.2, -0.15) is 8.78 Å². The Morgan fingerprint density at radius 2 is 1.79 bits per heavy atom. The Balaban J connectivity index is 2.05. The van der Waals surface area contributed by atoms with Crippen LogP contribution in [-0.4, -0.2) is 38.3 Å². The normalized spacial score (nSPS) is 11.5. The van der Waals surface area contributed by atoms with Gasteiger partial charge in [-0.05, 0) is 44.2 Å². The van der Waals surface area contributed by atoms with Crippen molar-refractivity contribution in [3.8, 4) is 17.2 Å². The van der Waals surface area contributed by atoms with E-state index in [1.165, 1.54) is 50.4 Å². The molecule has 0 spiro atoms. The zero-order chi connectivity index (χ0) is 21.4. The lowest BCUT2D eigenvalue weighted by Gasteiger charge is -2.16. The van der Waals surface area contributed by atoms with Crippen LogP contribution < -0.4 is 19.5 Å². The van der Waals surface area contributed by atoms with Crippen LogP contribution >= 0.6 is 0 Å². The van der Waals surface area contributed by atoms with Crippen LogP contribution in [-0.2, 0) is 9.53 Å². The third-order valence-corrected chi connectivity index (χ3v) is 3.71. The smallest absolute Gasteiger partial charge is 0.387 e. The van der Waals surface area contributed by atoms with Crippen molar-refractivity contribution in [3.63, 3.8) is 0 Å². The molecule has 1 amide bonds. The highest BCUT2D eigenvalue weighted by Crippen LogP contribution is 2.29. The van der Waals surface area contributed by atoms with Crippen LogP contribution in [0.2, 0.25) is 0 Å². The molecule has 0 fully saturated rings. The number of hydrogen-bond acceptors (Lipinski definition) is 6. The summed E-state index contributed by atoms with van der Waals surface area (Å²) in [6.07, 6.45) is -1.19. The fourth-order valence-corrected chi connectivity index (χ4v) is 2.35. The Kier molecular flexibility index (Phi) is 7.76. The maximum absolute atomic E-state index is 12.5. The van der Waals surface area contributed by atoms with Crippen LogP contribution in [0.25, 0.3) is 0 Å². The minimum absolute atomic E-state index is 0.0310. The van der Waals surface area contributed by atoms with Gasteiger partial charge >= 0.3 is 12.6 Å². The Hall–Kier alpha value is -3.36. The number of nitrogens with one attached hydrogen (secondary N) is 1. The summed E-state index contributed by atoms with van der Waals surface area (Å²) in [4.78, 5) is 24.6. The summed E-state index contributed by atoms with van der Waals surface area (Å²) in [5, 5.41) is 2.40. The number of para-hydroxylation sites is 2. The number of ether oxygens (including phenoxy) is 4. The number of amides is 1. The maximum Gasteiger partial charge on any atom is 0.387 e. The number of rotatable bonds is 9. The highest BCUT2D eigenvalue weighted by Gasteiger charge is 2.21. The third kappa shape index (κ3) is 6.06. The number of methoxy groups -OCH3 is 1. The van der Waals surface area contributed by atoms with Crippen LogP contribution in [0.3, 0.4) is 0 Å². The predicted molar refractivity (Wildman–Crippen MR) is 101 cm³/mol. The van der Waals surface area contributed by atoms with E-state index in [0.29, 0.717) is 18.1 Å². The largest absolute Gasteiger partial charge is 0.493 e. The maximum atomic E-state index is 12.5. The molecule has 0 aliphatic carbocycles. The average Bonchev–Trinajstić information content (AvgIpc) is 2.69. The van der Waals surface area contributed by atoms with Crippen LogP contribution in [0.5, 0.6) is 17.2 Å². The third-order valence-electron chi connectivity index (χ3n) is 3.71. The van der Waals surface area contributed by atoms with E-state index in [2.05, 4.69) is 10.1 Å². The van der Waals surface area contributed by atoms with Crippen molar-refractivity contribution in [2.45, 2.75) is 26.6 Å². The molecule has 0 aliphatic heterocycles. The van der Waals surface area contributed by atoms with Gasteiger partial charge in [0.2, 0.25) is 0 Å². The van der Waals surface area contributed by atoms with E-state index in [0.717, 1.165) is 0 Å². The van der Waals surface area contributed by atoms with Gasteiger partial charge in [-0.3, -0.25) is 4.79 Å². The summed E-state index contributed by atoms with van der Waals surface area (Å²) in [6, 6.07) is 10.2. The number of alkyl halides is 2. The zero-order valence-electron chi connectivity index (χ0n) is 16.1. The van der Waals surface area contributed by atoms with Crippen molar-refractivity contribution in [3.05, 3.63) is 48.0 Å². The number of carbonyl (C=O) groups is 2. The SMILES string of the molecule is CCOc1ccc(C(=O)OC(C)C(=O)Nc2ccccc2OC(F)F)cc1OC. The predicted octanol–water partition coefficient (Wildman–Crippen LogP) is 3.88.